The van der Waals surface area contributed by atoms with Crippen molar-refractivity contribution in [3.05, 3.63) is 62.9 Å². The molecule has 0 unspecified atom stereocenters. The number of rotatable bonds is 3. The van der Waals surface area contributed by atoms with Crippen molar-refractivity contribution in [2.75, 3.05) is 11.1 Å². The zero-order valence-electron chi connectivity index (χ0n) is 10.5. The molecular weight excluding hydrogens is 301 g/mol. The minimum absolute atomic E-state index is 0.0183. The number of nitro groups is 1. The van der Waals surface area contributed by atoms with Crippen LogP contribution in [0.2, 0.25) is 5.02 Å². The average Bonchev–Trinajstić information content (AvgIpc) is 2.43. The molecule has 0 atom stereocenters. The Balaban J connectivity index is 2.30. The molecule has 0 aliphatic rings. The smallest absolute Gasteiger partial charge is 0.292 e. The van der Waals surface area contributed by atoms with Crippen LogP contribution in [0.1, 0.15) is 10.4 Å². The molecular formula is C13H9ClFN3O3. The molecule has 8 heteroatoms. The molecule has 6 nitrogen and oxygen atoms in total. The number of nitrogens with zero attached hydrogens (tertiary/aromatic N) is 1. The molecule has 0 aliphatic carbocycles. The van der Waals surface area contributed by atoms with Gasteiger partial charge in [0, 0.05) is 16.7 Å². The minimum Gasteiger partial charge on any atom is -0.393 e. The Hall–Kier alpha value is -2.67. The second kappa shape index (κ2) is 5.76. The SMILES string of the molecule is Nc1ccc(C(=O)Nc2cc(Cl)ccc2F)cc1[N+](=O)[O-]. The highest BCUT2D eigenvalue weighted by Crippen LogP contribution is 2.24. The van der Waals surface area contributed by atoms with Gasteiger partial charge in [0.1, 0.15) is 11.5 Å². The summed E-state index contributed by atoms with van der Waals surface area (Å²) in [4.78, 5) is 22.0. The van der Waals surface area contributed by atoms with E-state index >= 15 is 0 Å². The third kappa shape index (κ3) is 3.26. The normalized spacial score (nSPS) is 10.2. The number of nitrogens with one attached hydrogen (secondary N) is 1. The van der Waals surface area contributed by atoms with E-state index in [1.54, 1.807) is 0 Å². The van der Waals surface area contributed by atoms with E-state index < -0.39 is 22.3 Å². The van der Waals surface area contributed by atoms with E-state index in [0.717, 1.165) is 12.1 Å². The number of hydrogen-bond acceptors (Lipinski definition) is 4. The van der Waals surface area contributed by atoms with Crippen molar-refractivity contribution in [3.63, 3.8) is 0 Å². The summed E-state index contributed by atoms with van der Waals surface area (Å²) in [5, 5.41) is 13.3. The number of anilines is 2. The molecule has 0 saturated carbocycles. The van der Waals surface area contributed by atoms with Crippen molar-refractivity contribution in [2.24, 2.45) is 0 Å². The zero-order valence-corrected chi connectivity index (χ0v) is 11.2. The predicted octanol–water partition coefficient (Wildman–Crippen LogP) is 3.22. The Morgan fingerprint density at radius 2 is 2.00 bits per heavy atom. The van der Waals surface area contributed by atoms with Crippen LogP contribution in [-0.4, -0.2) is 10.8 Å². The highest BCUT2D eigenvalue weighted by Gasteiger charge is 2.16. The van der Waals surface area contributed by atoms with Gasteiger partial charge >= 0.3 is 0 Å². The Morgan fingerprint density at radius 1 is 1.29 bits per heavy atom. The number of nitrogen functional groups attached to an aromatic ring is 1. The molecule has 2 aromatic rings. The van der Waals surface area contributed by atoms with Crippen LogP contribution in [0.3, 0.4) is 0 Å². The van der Waals surface area contributed by atoms with Crippen molar-refractivity contribution >= 4 is 34.6 Å². The second-order valence-corrected chi connectivity index (χ2v) is 4.55. The summed E-state index contributed by atoms with van der Waals surface area (Å²) in [6.07, 6.45) is 0. The van der Waals surface area contributed by atoms with Crippen LogP contribution >= 0.6 is 11.6 Å². The van der Waals surface area contributed by atoms with Gasteiger partial charge in [0.2, 0.25) is 0 Å². The van der Waals surface area contributed by atoms with Gasteiger partial charge in [0.15, 0.2) is 0 Å². The number of nitrogens with two attached hydrogens (primary N) is 1. The summed E-state index contributed by atoms with van der Waals surface area (Å²) in [7, 11) is 0. The summed E-state index contributed by atoms with van der Waals surface area (Å²) in [6, 6.07) is 7.24. The number of halogens is 2. The molecule has 3 N–H and O–H groups in total. The number of benzene rings is 2. The molecule has 0 aromatic heterocycles. The van der Waals surface area contributed by atoms with Gasteiger partial charge in [-0.2, -0.15) is 0 Å². The van der Waals surface area contributed by atoms with Crippen LogP contribution in [0.4, 0.5) is 21.5 Å². The van der Waals surface area contributed by atoms with Gasteiger partial charge in [-0.3, -0.25) is 14.9 Å². The van der Waals surface area contributed by atoms with E-state index in [9.17, 15) is 19.3 Å². The van der Waals surface area contributed by atoms with Crippen LogP contribution in [0, 0.1) is 15.9 Å². The van der Waals surface area contributed by atoms with E-state index in [2.05, 4.69) is 5.32 Å². The molecule has 0 fully saturated rings. The van der Waals surface area contributed by atoms with Crippen molar-refractivity contribution in [1.29, 1.82) is 0 Å². The fourth-order valence-electron chi connectivity index (χ4n) is 1.63. The van der Waals surface area contributed by atoms with Gasteiger partial charge in [0.05, 0.1) is 10.6 Å². The topological polar surface area (TPSA) is 98.3 Å². The number of carbonyl (C=O) groups is 1. The fraction of sp³-hybridized carbons (Fsp3) is 0. The summed E-state index contributed by atoms with van der Waals surface area (Å²) >= 11 is 5.71. The highest BCUT2D eigenvalue weighted by atomic mass is 35.5. The number of amides is 1. The van der Waals surface area contributed by atoms with E-state index in [4.69, 9.17) is 17.3 Å². The monoisotopic (exact) mass is 309 g/mol. The van der Waals surface area contributed by atoms with Gasteiger partial charge in [0.25, 0.3) is 11.6 Å². The molecule has 0 saturated heterocycles. The molecule has 0 bridgehead atoms. The van der Waals surface area contributed by atoms with E-state index in [1.165, 1.54) is 24.3 Å². The molecule has 1 amide bonds. The standard InChI is InChI=1S/C13H9ClFN3O3/c14-8-2-3-9(15)11(6-8)17-13(19)7-1-4-10(16)12(5-7)18(20)21/h1-6H,16H2,(H,17,19). The van der Waals surface area contributed by atoms with Crippen LogP contribution in [0.5, 0.6) is 0 Å². The lowest BCUT2D eigenvalue weighted by atomic mass is 10.1. The van der Waals surface area contributed by atoms with Gasteiger partial charge in [-0.05, 0) is 30.3 Å². The summed E-state index contributed by atoms with van der Waals surface area (Å²) in [5.41, 5.74) is 4.84. The molecule has 0 aliphatic heterocycles. The molecule has 0 spiro atoms. The van der Waals surface area contributed by atoms with Crippen molar-refractivity contribution < 1.29 is 14.1 Å². The maximum absolute atomic E-state index is 13.5. The lowest BCUT2D eigenvalue weighted by molar-refractivity contribution is -0.383. The van der Waals surface area contributed by atoms with Gasteiger partial charge < -0.3 is 11.1 Å². The number of hydrogen-bond donors (Lipinski definition) is 2. The summed E-state index contributed by atoms with van der Waals surface area (Å²) in [5.74, 6) is -1.38. The molecule has 21 heavy (non-hydrogen) atoms. The highest BCUT2D eigenvalue weighted by molar-refractivity contribution is 6.31. The van der Waals surface area contributed by atoms with Crippen molar-refractivity contribution in [1.82, 2.24) is 0 Å². The maximum atomic E-state index is 13.5. The van der Waals surface area contributed by atoms with Gasteiger partial charge in [-0.15, -0.1) is 0 Å². The average molecular weight is 310 g/mol. The predicted molar refractivity (Wildman–Crippen MR) is 76.9 cm³/mol. The van der Waals surface area contributed by atoms with E-state index in [-0.39, 0.29) is 22.0 Å². The third-order valence-electron chi connectivity index (χ3n) is 2.67. The van der Waals surface area contributed by atoms with E-state index in [1.807, 2.05) is 0 Å². The second-order valence-electron chi connectivity index (χ2n) is 4.11. The molecule has 0 heterocycles. The molecule has 2 aromatic carbocycles. The largest absolute Gasteiger partial charge is 0.393 e. The van der Waals surface area contributed by atoms with Crippen LogP contribution in [0.15, 0.2) is 36.4 Å². The number of carbonyl (C=O) groups excluding carboxylic acids is 1. The van der Waals surface area contributed by atoms with Gasteiger partial charge in [-0.1, -0.05) is 11.6 Å². The lowest BCUT2D eigenvalue weighted by Gasteiger charge is -2.07. The first-order valence-corrected chi connectivity index (χ1v) is 6.06. The first kappa shape index (κ1) is 14.7. The number of nitro benzene ring substituents is 1. The fourth-order valence-corrected chi connectivity index (χ4v) is 1.80. The first-order valence-electron chi connectivity index (χ1n) is 5.69. The maximum Gasteiger partial charge on any atom is 0.292 e. The summed E-state index contributed by atoms with van der Waals surface area (Å²) in [6.45, 7) is 0. The summed E-state index contributed by atoms with van der Waals surface area (Å²) < 4.78 is 13.5. The van der Waals surface area contributed by atoms with Crippen LogP contribution in [0.25, 0.3) is 0 Å². The van der Waals surface area contributed by atoms with Crippen molar-refractivity contribution in [2.45, 2.75) is 0 Å². The van der Waals surface area contributed by atoms with Crippen LogP contribution < -0.4 is 11.1 Å². The van der Waals surface area contributed by atoms with Crippen LogP contribution in [-0.2, 0) is 0 Å². The zero-order chi connectivity index (χ0) is 15.6. The lowest BCUT2D eigenvalue weighted by Crippen LogP contribution is -2.13. The Labute approximate surface area is 123 Å². The van der Waals surface area contributed by atoms with E-state index in [0.29, 0.717) is 0 Å². The van der Waals surface area contributed by atoms with Gasteiger partial charge in [-0.25, -0.2) is 4.39 Å². The molecule has 0 radical (unpaired) electrons. The minimum atomic E-state index is -0.709. The Kier molecular flexibility index (Phi) is 4.04. The molecule has 108 valence electrons. The molecule has 2 rings (SSSR count). The third-order valence-corrected chi connectivity index (χ3v) is 2.90. The van der Waals surface area contributed by atoms with Crippen molar-refractivity contribution in [3.8, 4) is 0 Å². The Morgan fingerprint density at radius 3 is 2.67 bits per heavy atom. The quantitative estimate of drug-likeness (QED) is 0.516. The Bertz CT molecular complexity index is 737. The first-order chi connectivity index (χ1) is 9.88.